The third-order valence-electron chi connectivity index (χ3n) is 2.43. The Morgan fingerprint density at radius 1 is 1.50 bits per heavy atom. The molecule has 2 rings (SSSR count). The highest BCUT2D eigenvalue weighted by Crippen LogP contribution is 2.11. The van der Waals surface area contributed by atoms with E-state index in [1.807, 2.05) is 24.3 Å². The first-order valence-corrected chi connectivity index (χ1v) is 6.71. The number of hydrogen-bond donors (Lipinski definition) is 2. The zero-order chi connectivity index (χ0) is 14.4. The van der Waals surface area contributed by atoms with Crippen LogP contribution in [0.4, 0.5) is 5.13 Å². The fourth-order valence-corrected chi connectivity index (χ4v) is 2.04. The zero-order valence-electron chi connectivity index (χ0n) is 10.9. The van der Waals surface area contributed by atoms with Crippen LogP contribution in [-0.2, 0) is 11.2 Å². The van der Waals surface area contributed by atoms with Crippen molar-refractivity contribution in [2.75, 3.05) is 12.8 Å². The number of nitrogens with two attached hydrogens (primary N) is 1. The van der Waals surface area contributed by atoms with Gasteiger partial charge in [0.2, 0.25) is 5.91 Å². The van der Waals surface area contributed by atoms with Crippen molar-refractivity contribution in [3.05, 3.63) is 40.9 Å². The molecule has 1 amide bonds. The van der Waals surface area contributed by atoms with E-state index in [-0.39, 0.29) is 12.3 Å². The summed E-state index contributed by atoms with van der Waals surface area (Å²) in [7, 11) is 1.61. The zero-order valence-corrected chi connectivity index (χ0v) is 11.7. The average molecular weight is 290 g/mol. The first-order valence-electron chi connectivity index (χ1n) is 5.83. The molecule has 0 spiro atoms. The molecule has 1 heterocycles. The number of carbonyl (C=O) groups excluding carboxylic acids is 1. The molecular formula is C13H14N4O2S. The minimum absolute atomic E-state index is 0.160. The molecule has 0 saturated heterocycles. The van der Waals surface area contributed by atoms with Crippen LogP contribution in [0.3, 0.4) is 0 Å². The van der Waals surface area contributed by atoms with Crippen molar-refractivity contribution in [3.63, 3.8) is 0 Å². The Labute approximate surface area is 120 Å². The largest absolute Gasteiger partial charge is 0.497 e. The molecule has 20 heavy (non-hydrogen) atoms. The van der Waals surface area contributed by atoms with Crippen LogP contribution in [0.5, 0.6) is 5.75 Å². The molecule has 0 radical (unpaired) electrons. The van der Waals surface area contributed by atoms with Gasteiger partial charge in [-0.2, -0.15) is 5.10 Å². The van der Waals surface area contributed by atoms with E-state index in [0.717, 1.165) is 11.3 Å². The molecule has 2 aromatic rings. The second-order valence-corrected chi connectivity index (χ2v) is 4.81. The van der Waals surface area contributed by atoms with Crippen LogP contribution >= 0.6 is 11.3 Å². The quantitative estimate of drug-likeness (QED) is 0.644. The van der Waals surface area contributed by atoms with Gasteiger partial charge in [-0.05, 0) is 29.8 Å². The molecule has 1 aromatic heterocycles. The number of amides is 1. The number of ether oxygens (including phenoxy) is 1. The van der Waals surface area contributed by atoms with E-state index in [0.29, 0.717) is 10.8 Å². The highest BCUT2D eigenvalue weighted by atomic mass is 32.1. The maximum atomic E-state index is 11.6. The van der Waals surface area contributed by atoms with Gasteiger partial charge in [0, 0.05) is 5.38 Å². The fourth-order valence-electron chi connectivity index (χ4n) is 1.48. The number of hydrogen-bond acceptors (Lipinski definition) is 6. The Kier molecular flexibility index (Phi) is 4.67. The number of benzene rings is 1. The molecule has 6 nitrogen and oxygen atoms in total. The summed E-state index contributed by atoms with van der Waals surface area (Å²) in [6.45, 7) is 0. The first kappa shape index (κ1) is 14.0. The molecule has 0 aliphatic carbocycles. The molecule has 7 heteroatoms. The summed E-state index contributed by atoms with van der Waals surface area (Å²) in [5.41, 5.74) is 9.44. The van der Waals surface area contributed by atoms with Gasteiger partial charge in [-0.25, -0.2) is 10.4 Å². The predicted molar refractivity (Wildman–Crippen MR) is 79.0 cm³/mol. The maximum absolute atomic E-state index is 11.6. The Morgan fingerprint density at radius 2 is 2.25 bits per heavy atom. The molecule has 0 aliphatic heterocycles. The van der Waals surface area contributed by atoms with Crippen molar-refractivity contribution in [2.24, 2.45) is 5.10 Å². The lowest BCUT2D eigenvalue weighted by Gasteiger charge is -1.99. The molecule has 0 unspecified atom stereocenters. The molecule has 0 atom stereocenters. The summed E-state index contributed by atoms with van der Waals surface area (Å²) < 4.78 is 5.05. The van der Waals surface area contributed by atoms with Gasteiger partial charge in [0.25, 0.3) is 0 Å². The van der Waals surface area contributed by atoms with Gasteiger partial charge in [0.05, 0.1) is 25.4 Å². The number of thiazole rings is 1. The van der Waals surface area contributed by atoms with Crippen LogP contribution in [0.15, 0.2) is 34.7 Å². The summed E-state index contributed by atoms with van der Waals surface area (Å²) in [4.78, 5) is 15.6. The van der Waals surface area contributed by atoms with Crippen molar-refractivity contribution in [2.45, 2.75) is 6.42 Å². The minimum atomic E-state index is -0.236. The summed E-state index contributed by atoms with van der Waals surface area (Å²) >= 11 is 1.31. The molecule has 1 aromatic carbocycles. The minimum Gasteiger partial charge on any atom is -0.497 e. The lowest BCUT2D eigenvalue weighted by molar-refractivity contribution is -0.120. The van der Waals surface area contributed by atoms with Gasteiger partial charge >= 0.3 is 0 Å². The second-order valence-electron chi connectivity index (χ2n) is 3.92. The molecule has 0 aliphatic rings. The number of anilines is 1. The normalized spacial score (nSPS) is 10.7. The third-order valence-corrected chi connectivity index (χ3v) is 3.15. The van der Waals surface area contributed by atoms with Crippen LogP contribution in [0, 0.1) is 0 Å². The van der Waals surface area contributed by atoms with E-state index in [9.17, 15) is 4.79 Å². The van der Waals surface area contributed by atoms with Crippen molar-refractivity contribution < 1.29 is 9.53 Å². The number of rotatable bonds is 5. The van der Waals surface area contributed by atoms with E-state index >= 15 is 0 Å². The van der Waals surface area contributed by atoms with E-state index in [1.54, 1.807) is 18.7 Å². The SMILES string of the molecule is COc1ccc(/C=N/NC(=O)Cc2csc(N)n2)cc1. The number of nitrogens with zero attached hydrogens (tertiary/aromatic N) is 2. The van der Waals surface area contributed by atoms with Gasteiger partial charge < -0.3 is 10.5 Å². The topological polar surface area (TPSA) is 89.6 Å². The van der Waals surface area contributed by atoms with Gasteiger partial charge in [-0.1, -0.05) is 0 Å². The number of methoxy groups -OCH3 is 1. The maximum Gasteiger partial charge on any atom is 0.246 e. The van der Waals surface area contributed by atoms with Crippen molar-refractivity contribution in [3.8, 4) is 5.75 Å². The van der Waals surface area contributed by atoms with Gasteiger partial charge in [0.1, 0.15) is 5.75 Å². The molecule has 0 saturated carbocycles. The second kappa shape index (κ2) is 6.67. The first-order chi connectivity index (χ1) is 9.67. The summed E-state index contributed by atoms with van der Waals surface area (Å²) in [5, 5.41) is 6.08. The number of hydrazone groups is 1. The van der Waals surface area contributed by atoms with Crippen LogP contribution in [0.2, 0.25) is 0 Å². The van der Waals surface area contributed by atoms with Gasteiger partial charge in [-0.3, -0.25) is 4.79 Å². The number of carbonyl (C=O) groups is 1. The Bertz CT molecular complexity index is 607. The lowest BCUT2D eigenvalue weighted by Crippen LogP contribution is -2.19. The Balaban J connectivity index is 1.84. The average Bonchev–Trinajstić information content (AvgIpc) is 2.85. The lowest BCUT2D eigenvalue weighted by atomic mass is 10.2. The van der Waals surface area contributed by atoms with Crippen LogP contribution in [-0.4, -0.2) is 24.2 Å². The van der Waals surface area contributed by atoms with Crippen molar-refractivity contribution in [1.82, 2.24) is 10.4 Å². The summed E-state index contributed by atoms with van der Waals surface area (Å²) in [6, 6.07) is 7.33. The standard InChI is InChI=1S/C13H14N4O2S/c1-19-11-4-2-9(3-5-11)7-15-17-12(18)6-10-8-20-13(14)16-10/h2-5,7-8H,6H2,1H3,(H2,14,16)(H,17,18)/b15-7+. The summed E-state index contributed by atoms with van der Waals surface area (Å²) in [6.07, 6.45) is 1.72. The van der Waals surface area contributed by atoms with Gasteiger partial charge in [0.15, 0.2) is 5.13 Å². The van der Waals surface area contributed by atoms with E-state index in [1.165, 1.54) is 11.3 Å². The fraction of sp³-hybridized carbons (Fsp3) is 0.154. The number of nitrogens with one attached hydrogen (secondary N) is 1. The van der Waals surface area contributed by atoms with E-state index in [4.69, 9.17) is 10.5 Å². The van der Waals surface area contributed by atoms with Crippen LogP contribution < -0.4 is 15.9 Å². The molecule has 0 fully saturated rings. The highest BCUT2D eigenvalue weighted by Gasteiger charge is 2.05. The number of nitrogen functional groups attached to an aromatic ring is 1. The molecular weight excluding hydrogens is 276 g/mol. The van der Waals surface area contributed by atoms with Crippen LogP contribution in [0.25, 0.3) is 0 Å². The third kappa shape index (κ3) is 4.06. The van der Waals surface area contributed by atoms with Crippen molar-refractivity contribution in [1.29, 1.82) is 0 Å². The molecule has 0 bridgehead atoms. The highest BCUT2D eigenvalue weighted by molar-refractivity contribution is 7.13. The monoisotopic (exact) mass is 290 g/mol. The Hall–Kier alpha value is -2.41. The Morgan fingerprint density at radius 3 is 2.85 bits per heavy atom. The van der Waals surface area contributed by atoms with Crippen LogP contribution in [0.1, 0.15) is 11.3 Å². The smallest absolute Gasteiger partial charge is 0.246 e. The predicted octanol–water partition coefficient (Wildman–Crippen LogP) is 1.43. The molecule has 3 N–H and O–H groups in total. The van der Waals surface area contributed by atoms with E-state index in [2.05, 4.69) is 15.5 Å². The van der Waals surface area contributed by atoms with E-state index < -0.39 is 0 Å². The number of aromatic nitrogens is 1. The van der Waals surface area contributed by atoms with Crippen molar-refractivity contribution >= 4 is 28.6 Å². The molecule has 104 valence electrons. The van der Waals surface area contributed by atoms with Gasteiger partial charge in [-0.15, -0.1) is 11.3 Å². The summed E-state index contributed by atoms with van der Waals surface area (Å²) in [5.74, 6) is 0.535.